The van der Waals surface area contributed by atoms with Gasteiger partial charge in [-0.25, -0.2) is 14.6 Å². The lowest BCUT2D eigenvalue weighted by Crippen LogP contribution is -2.60. The molecule has 3 aromatic rings. The van der Waals surface area contributed by atoms with E-state index in [4.69, 9.17) is 4.74 Å². The van der Waals surface area contributed by atoms with Crippen LogP contribution in [0.2, 0.25) is 0 Å². The molecule has 1 aromatic carbocycles. The number of aromatic nitrogens is 4. The van der Waals surface area contributed by atoms with Gasteiger partial charge in [0.2, 0.25) is 11.7 Å². The molecule has 2 aromatic heterocycles. The maximum atomic E-state index is 13.2. The zero-order valence-electron chi connectivity index (χ0n) is 18.6. The SMILES string of the molecule is COc1cccc(C(=O)N2C[C@@H](C)N(C(=O)c3ncn(-c4cccc(C)c4)n3)[C@@H](C)C2)n1. The molecule has 0 radical (unpaired) electrons. The van der Waals surface area contributed by atoms with Gasteiger partial charge in [0.15, 0.2) is 0 Å². The summed E-state index contributed by atoms with van der Waals surface area (Å²) in [6.07, 6.45) is 1.55. The van der Waals surface area contributed by atoms with Crippen molar-refractivity contribution in [1.82, 2.24) is 29.5 Å². The monoisotopic (exact) mass is 434 g/mol. The van der Waals surface area contributed by atoms with Gasteiger partial charge in [0.05, 0.1) is 12.8 Å². The Morgan fingerprint density at radius 1 is 1.03 bits per heavy atom. The fourth-order valence-electron chi connectivity index (χ4n) is 4.07. The highest BCUT2D eigenvalue weighted by Gasteiger charge is 2.37. The van der Waals surface area contributed by atoms with Crippen LogP contribution in [0.25, 0.3) is 5.69 Å². The average molecular weight is 435 g/mol. The first-order valence-corrected chi connectivity index (χ1v) is 10.5. The van der Waals surface area contributed by atoms with Crippen LogP contribution in [0.3, 0.4) is 0 Å². The molecule has 0 spiro atoms. The molecular weight excluding hydrogens is 408 g/mol. The second-order valence-corrected chi connectivity index (χ2v) is 8.04. The van der Waals surface area contributed by atoms with Crippen molar-refractivity contribution in [3.63, 3.8) is 0 Å². The predicted molar refractivity (Wildman–Crippen MR) is 118 cm³/mol. The molecule has 32 heavy (non-hydrogen) atoms. The van der Waals surface area contributed by atoms with Gasteiger partial charge in [0.25, 0.3) is 11.8 Å². The van der Waals surface area contributed by atoms with E-state index in [1.54, 1.807) is 39.0 Å². The molecular formula is C23H26N6O3. The Bertz CT molecular complexity index is 1130. The highest BCUT2D eigenvalue weighted by Crippen LogP contribution is 2.20. The van der Waals surface area contributed by atoms with E-state index in [0.717, 1.165) is 11.3 Å². The molecule has 166 valence electrons. The van der Waals surface area contributed by atoms with Crippen molar-refractivity contribution < 1.29 is 14.3 Å². The topological polar surface area (TPSA) is 93.5 Å². The van der Waals surface area contributed by atoms with Gasteiger partial charge < -0.3 is 14.5 Å². The van der Waals surface area contributed by atoms with Gasteiger partial charge in [-0.05, 0) is 44.5 Å². The largest absolute Gasteiger partial charge is 0.481 e. The van der Waals surface area contributed by atoms with Gasteiger partial charge in [-0.2, -0.15) is 0 Å². The normalized spacial score (nSPS) is 18.5. The first-order chi connectivity index (χ1) is 15.4. The third-order valence-electron chi connectivity index (χ3n) is 5.54. The Labute approximate surface area is 186 Å². The third-order valence-corrected chi connectivity index (χ3v) is 5.54. The van der Waals surface area contributed by atoms with E-state index in [1.165, 1.54) is 7.11 Å². The fraction of sp³-hybridized carbons (Fsp3) is 0.348. The Hall–Kier alpha value is -3.75. The van der Waals surface area contributed by atoms with E-state index in [1.807, 2.05) is 45.0 Å². The first kappa shape index (κ1) is 21.5. The Morgan fingerprint density at radius 3 is 2.44 bits per heavy atom. The fourth-order valence-corrected chi connectivity index (χ4v) is 4.07. The maximum Gasteiger partial charge on any atom is 0.294 e. The van der Waals surface area contributed by atoms with Crippen LogP contribution in [0.5, 0.6) is 5.88 Å². The smallest absolute Gasteiger partial charge is 0.294 e. The van der Waals surface area contributed by atoms with Gasteiger partial charge in [-0.3, -0.25) is 9.59 Å². The summed E-state index contributed by atoms with van der Waals surface area (Å²) in [5.41, 5.74) is 2.26. The summed E-state index contributed by atoms with van der Waals surface area (Å²) in [6, 6.07) is 12.5. The summed E-state index contributed by atoms with van der Waals surface area (Å²) in [5.74, 6) is 0.0973. The van der Waals surface area contributed by atoms with E-state index < -0.39 is 0 Å². The number of hydrogen-bond donors (Lipinski definition) is 0. The molecule has 0 saturated carbocycles. The molecule has 0 unspecified atom stereocenters. The number of methoxy groups -OCH3 is 1. The predicted octanol–water partition coefficient (Wildman–Crippen LogP) is 2.35. The second-order valence-electron chi connectivity index (χ2n) is 8.04. The van der Waals surface area contributed by atoms with E-state index in [9.17, 15) is 9.59 Å². The number of aryl methyl sites for hydroxylation is 1. The van der Waals surface area contributed by atoms with Gasteiger partial charge in [0.1, 0.15) is 12.0 Å². The lowest BCUT2D eigenvalue weighted by molar-refractivity contribution is 0.0244. The van der Waals surface area contributed by atoms with Crippen molar-refractivity contribution in [3.8, 4) is 11.6 Å². The number of rotatable bonds is 4. The minimum Gasteiger partial charge on any atom is -0.481 e. The molecule has 9 heteroatoms. The third kappa shape index (κ3) is 4.18. The van der Waals surface area contributed by atoms with Crippen LogP contribution in [0, 0.1) is 6.92 Å². The number of piperazine rings is 1. The van der Waals surface area contributed by atoms with Crippen molar-refractivity contribution in [3.05, 3.63) is 65.9 Å². The molecule has 0 bridgehead atoms. The van der Waals surface area contributed by atoms with Crippen LogP contribution in [-0.4, -0.2) is 73.6 Å². The van der Waals surface area contributed by atoms with Crippen molar-refractivity contribution >= 4 is 11.8 Å². The number of carbonyl (C=O) groups is 2. The van der Waals surface area contributed by atoms with Gasteiger partial charge in [0, 0.05) is 31.2 Å². The van der Waals surface area contributed by atoms with Crippen LogP contribution < -0.4 is 4.74 Å². The summed E-state index contributed by atoms with van der Waals surface area (Å²) in [4.78, 5) is 38.1. The maximum absolute atomic E-state index is 13.2. The van der Waals surface area contributed by atoms with E-state index in [-0.39, 0.29) is 29.7 Å². The number of ether oxygens (including phenoxy) is 1. The first-order valence-electron chi connectivity index (χ1n) is 10.5. The molecule has 3 heterocycles. The van der Waals surface area contributed by atoms with Crippen LogP contribution >= 0.6 is 0 Å². The highest BCUT2D eigenvalue weighted by molar-refractivity contribution is 5.93. The summed E-state index contributed by atoms with van der Waals surface area (Å²) < 4.78 is 6.72. The van der Waals surface area contributed by atoms with Crippen molar-refractivity contribution in [2.45, 2.75) is 32.9 Å². The molecule has 9 nitrogen and oxygen atoms in total. The van der Waals surface area contributed by atoms with Crippen LogP contribution in [0.1, 0.15) is 40.5 Å². The average Bonchev–Trinajstić information content (AvgIpc) is 3.28. The van der Waals surface area contributed by atoms with E-state index in [2.05, 4.69) is 15.1 Å². The highest BCUT2D eigenvalue weighted by atomic mass is 16.5. The molecule has 1 aliphatic heterocycles. The molecule has 1 fully saturated rings. The number of pyridine rings is 1. The molecule has 2 amide bonds. The lowest BCUT2D eigenvalue weighted by atomic mass is 10.1. The van der Waals surface area contributed by atoms with Gasteiger partial charge in [-0.1, -0.05) is 18.2 Å². The van der Waals surface area contributed by atoms with E-state index in [0.29, 0.717) is 24.7 Å². The Kier molecular flexibility index (Phi) is 5.89. The minimum absolute atomic E-state index is 0.138. The van der Waals surface area contributed by atoms with Crippen LogP contribution in [0.4, 0.5) is 0 Å². The Balaban J connectivity index is 1.49. The molecule has 1 saturated heterocycles. The number of benzene rings is 1. The summed E-state index contributed by atoms with van der Waals surface area (Å²) in [6.45, 7) is 6.63. The molecule has 0 N–H and O–H groups in total. The summed E-state index contributed by atoms with van der Waals surface area (Å²) >= 11 is 0. The number of carbonyl (C=O) groups excluding carboxylic acids is 2. The zero-order chi connectivity index (χ0) is 22.8. The summed E-state index contributed by atoms with van der Waals surface area (Å²) in [7, 11) is 1.51. The number of amides is 2. The number of nitrogens with zero attached hydrogens (tertiary/aromatic N) is 6. The number of hydrogen-bond acceptors (Lipinski definition) is 6. The van der Waals surface area contributed by atoms with Gasteiger partial charge in [-0.15, -0.1) is 5.10 Å². The van der Waals surface area contributed by atoms with Crippen molar-refractivity contribution in [2.24, 2.45) is 0 Å². The molecule has 4 rings (SSSR count). The lowest BCUT2D eigenvalue weighted by Gasteiger charge is -2.43. The van der Waals surface area contributed by atoms with Crippen LogP contribution in [0.15, 0.2) is 48.8 Å². The minimum atomic E-state index is -0.247. The summed E-state index contributed by atoms with van der Waals surface area (Å²) in [5, 5.41) is 4.40. The molecule has 1 aliphatic rings. The van der Waals surface area contributed by atoms with Gasteiger partial charge >= 0.3 is 0 Å². The van der Waals surface area contributed by atoms with E-state index >= 15 is 0 Å². The second kappa shape index (κ2) is 8.78. The molecule has 0 aliphatic carbocycles. The molecule has 2 atom stereocenters. The quantitative estimate of drug-likeness (QED) is 0.626. The van der Waals surface area contributed by atoms with Crippen molar-refractivity contribution in [1.29, 1.82) is 0 Å². The zero-order valence-corrected chi connectivity index (χ0v) is 18.6. The van der Waals surface area contributed by atoms with Crippen molar-refractivity contribution in [2.75, 3.05) is 20.2 Å². The van der Waals surface area contributed by atoms with Crippen LogP contribution in [-0.2, 0) is 0 Å². The Morgan fingerprint density at radius 2 is 1.75 bits per heavy atom. The standard InChI is InChI=1S/C23H26N6O3/c1-15-7-5-8-18(11-15)28-14-24-21(26-28)23(31)29-16(2)12-27(13-17(29)3)22(30)19-9-6-10-20(25-19)32-4/h5-11,14,16-17H,12-13H2,1-4H3/t16-,17+.